The molecule has 0 atom stereocenters. The van der Waals surface area contributed by atoms with E-state index in [9.17, 15) is 4.79 Å². The second kappa shape index (κ2) is 7.13. The molecule has 1 heterocycles. The van der Waals surface area contributed by atoms with Gasteiger partial charge in [0.25, 0.3) is 0 Å². The molecule has 0 radical (unpaired) electrons. The molecule has 0 aliphatic carbocycles. The van der Waals surface area contributed by atoms with Gasteiger partial charge in [-0.15, -0.1) is 0 Å². The summed E-state index contributed by atoms with van der Waals surface area (Å²) < 4.78 is 5.44. The number of amides is 1. The van der Waals surface area contributed by atoms with E-state index in [2.05, 4.69) is 17.4 Å². The van der Waals surface area contributed by atoms with Gasteiger partial charge in [0, 0.05) is 26.2 Å². The Morgan fingerprint density at radius 2 is 1.94 bits per heavy atom. The highest BCUT2D eigenvalue weighted by Gasteiger charge is 2.15. The molecule has 1 aromatic carbocycles. The van der Waals surface area contributed by atoms with Gasteiger partial charge in [-0.3, -0.25) is 4.79 Å². The molecular weight excluding hydrogens is 228 g/mol. The maximum absolute atomic E-state index is 11.8. The zero-order valence-electron chi connectivity index (χ0n) is 10.6. The molecule has 1 N–H and O–H groups in total. The smallest absolute Gasteiger partial charge is 0.248 e. The van der Waals surface area contributed by atoms with Crippen LogP contribution >= 0.6 is 0 Å². The van der Waals surface area contributed by atoms with Gasteiger partial charge in [-0.1, -0.05) is 30.3 Å². The molecule has 0 bridgehead atoms. The van der Waals surface area contributed by atoms with E-state index in [1.54, 1.807) is 0 Å². The van der Waals surface area contributed by atoms with Crippen LogP contribution in [0.25, 0.3) is 0 Å². The predicted molar refractivity (Wildman–Crippen MR) is 70.4 cm³/mol. The number of hydrogen-bond donors (Lipinski definition) is 1. The number of benzene rings is 1. The molecule has 4 heteroatoms. The highest BCUT2D eigenvalue weighted by molar-refractivity contribution is 5.77. The van der Waals surface area contributed by atoms with Crippen LogP contribution in [-0.4, -0.2) is 50.2 Å². The average molecular weight is 248 g/mol. The largest absolute Gasteiger partial charge is 0.371 e. The fourth-order valence-electron chi connectivity index (χ4n) is 2.00. The van der Waals surface area contributed by atoms with Crippen molar-refractivity contribution in [1.29, 1.82) is 0 Å². The number of ether oxygens (including phenoxy) is 1. The first-order chi connectivity index (χ1) is 8.86. The maximum atomic E-state index is 11.8. The molecular formula is C14H20N2O2. The highest BCUT2D eigenvalue weighted by atomic mass is 16.5. The van der Waals surface area contributed by atoms with Gasteiger partial charge in [-0.2, -0.15) is 0 Å². The summed E-state index contributed by atoms with van der Waals surface area (Å²) in [6, 6.07) is 10.2. The van der Waals surface area contributed by atoms with Crippen molar-refractivity contribution in [3.8, 4) is 0 Å². The fourth-order valence-corrected chi connectivity index (χ4v) is 2.00. The van der Waals surface area contributed by atoms with Crippen molar-refractivity contribution in [2.45, 2.75) is 6.42 Å². The highest BCUT2D eigenvalue weighted by Crippen LogP contribution is 2.00. The van der Waals surface area contributed by atoms with E-state index in [4.69, 9.17) is 4.74 Å². The van der Waals surface area contributed by atoms with Gasteiger partial charge in [0.05, 0.1) is 6.61 Å². The molecule has 0 spiro atoms. The number of carbonyl (C=O) groups excluding carboxylic acids is 1. The fraction of sp³-hybridized carbons (Fsp3) is 0.500. The molecule has 1 amide bonds. The molecule has 1 aliphatic heterocycles. The summed E-state index contributed by atoms with van der Waals surface area (Å²) in [6.07, 6.45) is 0.857. The summed E-state index contributed by atoms with van der Waals surface area (Å²) in [6.45, 7) is 4.15. The summed E-state index contributed by atoms with van der Waals surface area (Å²) in [5.41, 5.74) is 1.24. The Kier molecular flexibility index (Phi) is 5.17. The number of piperazine rings is 1. The second-order valence-corrected chi connectivity index (χ2v) is 4.42. The van der Waals surface area contributed by atoms with Crippen LogP contribution in [-0.2, 0) is 16.0 Å². The summed E-state index contributed by atoms with van der Waals surface area (Å²) in [5, 5.41) is 3.22. The van der Waals surface area contributed by atoms with Crippen LogP contribution in [0.5, 0.6) is 0 Å². The monoisotopic (exact) mass is 248 g/mol. The Balaban J connectivity index is 1.61. The molecule has 98 valence electrons. The summed E-state index contributed by atoms with van der Waals surface area (Å²) in [7, 11) is 0. The lowest BCUT2D eigenvalue weighted by molar-refractivity contribution is -0.136. The van der Waals surface area contributed by atoms with Crippen LogP contribution in [0.4, 0.5) is 0 Å². The molecule has 1 aliphatic rings. The first-order valence-corrected chi connectivity index (χ1v) is 6.46. The minimum Gasteiger partial charge on any atom is -0.371 e. The zero-order valence-corrected chi connectivity index (χ0v) is 10.6. The van der Waals surface area contributed by atoms with Crippen molar-refractivity contribution in [3.63, 3.8) is 0 Å². The normalized spacial score (nSPS) is 15.7. The third-order valence-corrected chi connectivity index (χ3v) is 3.07. The van der Waals surface area contributed by atoms with Crippen molar-refractivity contribution < 1.29 is 9.53 Å². The van der Waals surface area contributed by atoms with E-state index in [1.807, 2.05) is 23.1 Å². The Morgan fingerprint density at radius 3 is 2.67 bits per heavy atom. The van der Waals surface area contributed by atoms with Crippen molar-refractivity contribution in [1.82, 2.24) is 10.2 Å². The van der Waals surface area contributed by atoms with Crippen molar-refractivity contribution >= 4 is 5.91 Å². The number of carbonyl (C=O) groups is 1. The van der Waals surface area contributed by atoms with Gasteiger partial charge >= 0.3 is 0 Å². The maximum Gasteiger partial charge on any atom is 0.248 e. The first-order valence-electron chi connectivity index (χ1n) is 6.46. The summed E-state index contributed by atoms with van der Waals surface area (Å²) >= 11 is 0. The lowest BCUT2D eigenvalue weighted by Gasteiger charge is -2.27. The SMILES string of the molecule is O=C(COCCc1ccccc1)N1CCNCC1. The number of nitrogens with one attached hydrogen (secondary N) is 1. The van der Waals surface area contributed by atoms with Crippen LogP contribution in [0.2, 0.25) is 0 Å². The van der Waals surface area contributed by atoms with Crippen molar-refractivity contribution in [2.75, 3.05) is 39.4 Å². The molecule has 1 fully saturated rings. The number of hydrogen-bond acceptors (Lipinski definition) is 3. The average Bonchev–Trinajstić information content (AvgIpc) is 2.45. The predicted octanol–water partition coefficient (Wildman–Crippen LogP) is 0.677. The van der Waals surface area contributed by atoms with Gasteiger partial charge in [0.2, 0.25) is 5.91 Å². The molecule has 0 saturated carbocycles. The topological polar surface area (TPSA) is 41.6 Å². The molecule has 18 heavy (non-hydrogen) atoms. The third-order valence-electron chi connectivity index (χ3n) is 3.07. The Hall–Kier alpha value is -1.39. The minimum atomic E-state index is 0.101. The minimum absolute atomic E-state index is 0.101. The lowest BCUT2D eigenvalue weighted by atomic mass is 10.2. The van der Waals surface area contributed by atoms with Gasteiger partial charge in [-0.05, 0) is 12.0 Å². The zero-order chi connectivity index (χ0) is 12.6. The van der Waals surface area contributed by atoms with E-state index >= 15 is 0 Å². The van der Waals surface area contributed by atoms with Crippen LogP contribution in [0.3, 0.4) is 0 Å². The molecule has 0 unspecified atom stereocenters. The molecule has 4 nitrogen and oxygen atoms in total. The van der Waals surface area contributed by atoms with E-state index in [0.29, 0.717) is 6.61 Å². The van der Waals surface area contributed by atoms with E-state index in [0.717, 1.165) is 32.6 Å². The summed E-state index contributed by atoms with van der Waals surface area (Å²) in [5.74, 6) is 0.101. The van der Waals surface area contributed by atoms with Crippen LogP contribution < -0.4 is 5.32 Å². The first kappa shape index (κ1) is 13.1. The molecule has 0 aromatic heterocycles. The Labute approximate surface area is 108 Å². The van der Waals surface area contributed by atoms with E-state index in [1.165, 1.54) is 5.56 Å². The second-order valence-electron chi connectivity index (χ2n) is 4.42. The van der Waals surface area contributed by atoms with Gasteiger partial charge in [-0.25, -0.2) is 0 Å². The van der Waals surface area contributed by atoms with Gasteiger partial charge in [0.1, 0.15) is 6.61 Å². The molecule has 2 rings (SSSR count). The van der Waals surface area contributed by atoms with Crippen LogP contribution in [0, 0.1) is 0 Å². The van der Waals surface area contributed by atoms with Gasteiger partial charge < -0.3 is 15.0 Å². The van der Waals surface area contributed by atoms with Crippen molar-refractivity contribution in [3.05, 3.63) is 35.9 Å². The Bertz CT molecular complexity index is 361. The Morgan fingerprint density at radius 1 is 1.22 bits per heavy atom. The van der Waals surface area contributed by atoms with Crippen LogP contribution in [0.15, 0.2) is 30.3 Å². The number of rotatable bonds is 5. The third kappa shape index (κ3) is 4.13. The van der Waals surface area contributed by atoms with E-state index in [-0.39, 0.29) is 12.5 Å². The van der Waals surface area contributed by atoms with E-state index < -0.39 is 0 Å². The standard InChI is InChI=1S/C14H20N2O2/c17-14(16-9-7-15-8-10-16)12-18-11-6-13-4-2-1-3-5-13/h1-5,15H,6-12H2. The lowest BCUT2D eigenvalue weighted by Crippen LogP contribution is -2.47. The van der Waals surface area contributed by atoms with Gasteiger partial charge in [0.15, 0.2) is 0 Å². The quantitative estimate of drug-likeness (QED) is 0.779. The number of nitrogens with zero attached hydrogens (tertiary/aromatic N) is 1. The van der Waals surface area contributed by atoms with Crippen LogP contribution in [0.1, 0.15) is 5.56 Å². The summed E-state index contributed by atoms with van der Waals surface area (Å²) in [4.78, 5) is 13.6. The molecule has 1 aromatic rings. The molecule has 1 saturated heterocycles. The van der Waals surface area contributed by atoms with Crippen molar-refractivity contribution in [2.24, 2.45) is 0 Å².